The van der Waals surface area contributed by atoms with Crippen molar-refractivity contribution in [2.75, 3.05) is 0 Å². The van der Waals surface area contributed by atoms with Gasteiger partial charge in [0.2, 0.25) is 0 Å². The number of hydrogen-bond donors (Lipinski definition) is 3. The predicted octanol–water partition coefficient (Wildman–Crippen LogP) is 6.86. The summed E-state index contributed by atoms with van der Waals surface area (Å²) in [4.78, 5) is 30.1. The third kappa shape index (κ3) is 53.2. The van der Waals surface area contributed by atoms with Gasteiger partial charge in [-0.3, -0.25) is 14.4 Å². The van der Waals surface area contributed by atoms with Gasteiger partial charge in [0, 0.05) is 57.0 Å². The first-order chi connectivity index (χ1) is 13.9. The maximum absolute atomic E-state index is 10.0. The fraction of sp³-hybridized carbons (Fsp3) is 0.875. The van der Waals surface area contributed by atoms with Crippen LogP contribution in [0.15, 0.2) is 0 Å². The smallest absolute Gasteiger partial charge is 0.303 e. The normalized spacial score (nSPS) is 9.97. The van der Waals surface area contributed by atoms with Crippen LogP contribution in [0, 0.1) is 55.5 Å². The molecule has 0 aliphatic heterocycles. The number of carboxylic acids is 3. The zero-order valence-electron chi connectivity index (χ0n) is 20.6. The Hall–Kier alpha value is -0.330. The van der Waals surface area contributed by atoms with E-state index in [0.29, 0.717) is 37.0 Å². The van der Waals surface area contributed by atoms with Crippen molar-refractivity contribution in [3.05, 3.63) is 0 Å². The topological polar surface area (TPSA) is 112 Å². The minimum Gasteiger partial charge on any atom is -0.481 e. The van der Waals surface area contributed by atoms with Crippen molar-refractivity contribution in [3.63, 3.8) is 0 Å². The van der Waals surface area contributed by atoms with E-state index in [2.05, 4.69) is 41.5 Å². The van der Waals surface area contributed by atoms with Crippen LogP contribution in [0.3, 0.4) is 0 Å². The second-order valence-electron chi connectivity index (χ2n) is 9.10. The van der Waals surface area contributed by atoms with E-state index in [1.165, 1.54) is 0 Å². The Kier molecular flexibility index (Phi) is 33.9. The molecule has 0 heterocycles. The summed E-state index contributed by atoms with van der Waals surface area (Å²) in [5, 5.41) is 24.8. The zero-order valence-corrected chi connectivity index (χ0v) is 22.5. The van der Waals surface area contributed by atoms with Gasteiger partial charge in [0.15, 0.2) is 0 Å². The van der Waals surface area contributed by atoms with Gasteiger partial charge in [-0.15, -0.1) is 0 Å². The Morgan fingerprint density at radius 1 is 0.484 bits per heavy atom. The van der Waals surface area contributed by atoms with E-state index in [0.717, 1.165) is 57.8 Å². The van der Waals surface area contributed by atoms with Gasteiger partial charge < -0.3 is 15.3 Å². The molecule has 31 heavy (non-hydrogen) atoms. The van der Waals surface area contributed by atoms with Crippen LogP contribution >= 0.6 is 0 Å². The van der Waals surface area contributed by atoms with Crippen LogP contribution in [0.25, 0.3) is 0 Å². The molecule has 0 aromatic carbocycles. The summed E-state index contributed by atoms with van der Waals surface area (Å²) in [6, 6.07) is 0. The number of aliphatic carboxylic acids is 3. The molecular weight excluding hydrogens is 549 g/mol. The molecular formula is C24H48HoO6. The van der Waals surface area contributed by atoms with Gasteiger partial charge in [-0.25, -0.2) is 0 Å². The van der Waals surface area contributed by atoms with Gasteiger partial charge in [0.1, 0.15) is 0 Å². The Labute approximate surface area is 220 Å². The Balaban J connectivity index is -0.000000174. The van der Waals surface area contributed by atoms with E-state index in [4.69, 9.17) is 15.3 Å². The second-order valence-corrected chi connectivity index (χ2v) is 9.10. The first-order valence-corrected chi connectivity index (χ1v) is 11.5. The summed E-state index contributed by atoms with van der Waals surface area (Å²) in [7, 11) is 0. The number of rotatable bonds is 15. The molecule has 0 bridgehead atoms. The first-order valence-electron chi connectivity index (χ1n) is 11.5. The van der Waals surface area contributed by atoms with Crippen molar-refractivity contribution >= 4 is 17.9 Å². The first kappa shape index (κ1) is 38.0. The van der Waals surface area contributed by atoms with E-state index in [9.17, 15) is 14.4 Å². The van der Waals surface area contributed by atoms with Gasteiger partial charge in [-0.2, -0.15) is 0 Å². The summed E-state index contributed by atoms with van der Waals surface area (Å²) in [6.07, 6.45) is 10.0. The monoisotopic (exact) mass is 597 g/mol. The molecule has 0 atom stereocenters. The van der Waals surface area contributed by atoms with Crippen LogP contribution in [0.4, 0.5) is 0 Å². The molecule has 0 aliphatic carbocycles. The minimum atomic E-state index is -0.677. The van der Waals surface area contributed by atoms with E-state index < -0.39 is 17.9 Å². The van der Waals surface area contributed by atoms with E-state index >= 15 is 0 Å². The molecule has 3 N–H and O–H groups in total. The van der Waals surface area contributed by atoms with Crippen molar-refractivity contribution in [3.8, 4) is 0 Å². The van der Waals surface area contributed by atoms with Crippen molar-refractivity contribution in [2.24, 2.45) is 17.8 Å². The van der Waals surface area contributed by atoms with E-state index in [1.54, 1.807) is 0 Å². The predicted molar refractivity (Wildman–Crippen MR) is 123 cm³/mol. The third-order valence-corrected chi connectivity index (χ3v) is 4.27. The van der Waals surface area contributed by atoms with Gasteiger partial charge >= 0.3 is 17.9 Å². The molecule has 0 rings (SSSR count). The summed E-state index contributed by atoms with van der Waals surface area (Å²) in [6.45, 7) is 12.9. The molecule has 0 spiro atoms. The second kappa shape index (κ2) is 27.7. The quantitative estimate of drug-likeness (QED) is 0.140. The summed E-state index contributed by atoms with van der Waals surface area (Å²) in [5.41, 5.74) is 0. The number of unbranched alkanes of at least 4 members (excludes halogenated alkanes) is 3. The number of hydrogen-bond acceptors (Lipinski definition) is 3. The minimum absolute atomic E-state index is 0. The fourth-order valence-corrected chi connectivity index (χ4v) is 2.49. The molecule has 0 aliphatic rings. The van der Waals surface area contributed by atoms with Crippen LogP contribution in [0.2, 0.25) is 0 Å². The molecule has 1 radical (unpaired) electrons. The molecule has 0 saturated carbocycles. The molecule has 0 amide bonds. The molecule has 0 fully saturated rings. The Bertz CT molecular complexity index is 360. The maximum atomic E-state index is 10.0. The van der Waals surface area contributed by atoms with Crippen LogP contribution in [-0.4, -0.2) is 33.2 Å². The van der Waals surface area contributed by atoms with Crippen molar-refractivity contribution in [1.82, 2.24) is 0 Å². The standard InChI is InChI=1S/3C8H16O2.Ho/c3*1-7(2)5-3-4-6-8(9)10;/h3*7H,3-6H2,1-2H3,(H,9,10);. The van der Waals surface area contributed by atoms with Gasteiger partial charge in [-0.1, -0.05) is 80.1 Å². The largest absolute Gasteiger partial charge is 0.481 e. The van der Waals surface area contributed by atoms with Crippen molar-refractivity contribution in [2.45, 2.75) is 119 Å². The van der Waals surface area contributed by atoms with Crippen molar-refractivity contribution in [1.29, 1.82) is 0 Å². The molecule has 6 nitrogen and oxygen atoms in total. The van der Waals surface area contributed by atoms with Crippen molar-refractivity contribution < 1.29 is 67.4 Å². The summed E-state index contributed by atoms with van der Waals surface area (Å²) >= 11 is 0. The Morgan fingerprint density at radius 3 is 0.806 bits per heavy atom. The molecule has 0 aromatic heterocycles. The average molecular weight is 598 g/mol. The van der Waals surface area contributed by atoms with Gasteiger partial charge in [0.05, 0.1) is 0 Å². The average Bonchev–Trinajstić information content (AvgIpc) is 2.60. The molecule has 0 aromatic rings. The third-order valence-electron chi connectivity index (χ3n) is 4.27. The Morgan fingerprint density at radius 2 is 0.677 bits per heavy atom. The van der Waals surface area contributed by atoms with Crippen LogP contribution < -0.4 is 0 Å². The molecule has 0 unspecified atom stereocenters. The number of carboxylic acid groups (broad SMARTS) is 3. The SMILES string of the molecule is CC(C)CCCCC(=O)O.CC(C)CCCCC(=O)O.CC(C)CCCCC(=O)O.[Ho]. The number of carbonyl (C=O) groups is 3. The van der Waals surface area contributed by atoms with Crippen LogP contribution in [-0.2, 0) is 14.4 Å². The fourth-order valence-electron chi connectivity index (χ4n) is 2.49. The summed E-state index contributed by atoms with van der Waals surface area (Å²) < 4.78 is 0. The van der Waals surface area contributed by atoms with Gasteiger partial charge in [0.25, 0.3) is 0 Å². The van der Waals surface area contributed by atoms with Crippen LogP contribution in [0.5, 0.6) is 0 Å². The van der Waals surface area contributed by atoms with Crippen LogP contribution in [0.1, 0.15) is 119 Å². The maximum Gasteiger partial charge on any atom is 0.303 e. The molecule has 0 saturated heterocycles. The molecule has 7 heteroatoms. The molecule has 191 valence electrons. The van der Waals surface area contributed by atoms with E-state index in [1.807, 2.05) is 0 Å². The summed E-state index contributed by atoms with van der Waals surface area (Å²) in [5.74, 6) is 0.0765. The van der Waals surface area contributed by atoms with E-state index in [-0.39, 0.29) is 37.7 Å². The van der Waals surface area contributed by atoms with Gasteiger partial charge in [-0.05, 0) is 37.0 Å². The zero-order chi connectivity index (χ0) is 23.9.